The Morgan fingerprint density at radius 3 is 2.67 bits per heavy atom. The first-order chi connectivity index (χ1) is 17.3. The van der Waals surface area contributed by atoms with Gasteiger partial charge < -0.3 is 9.84 Å². The lowest BCUT2D eigenvalue weighted by Crippen LogP contribution is -2.31. The van der Waals surface area contributed by atoms with Crippen LogP contribution >= 0.6 is 34.3 Å². The lowest BCUT2D eigenvalue weighted by atomic mass is 9.94. The Morgan fingerprint density at radius 1 is 1.17 bits per heavy atom. The highest BCUT2D eigenvalue weighted by Crippen LogP contribution is 2.47. The minimum atomic E-state index is -0.934. The summed E-state index contributed by atoms with van der Waals surface area (Å²) in [6, 6.07) is 11.6. The van der Waals surface area contributed by atoms with Crippen LogP contribution in [-0.4, -0.2) is 33.4 Å². The number of aromatic nitrogens is 2. The van der Waals surface area contributed by atoms with Crippen molar-refractivity contribution in [3.05, 3.63) is 80.0 Å². The Balaban J connectivity index is 1.71. The number of carbonyl (C=O) groups excluding carboxylic acids is 2. The van der Waals surface area contributed by atoms with E-state index in [-0.39, 0.29) is 5.57 Å². The van der Waals surface area contributed by atoms with E-state index in [9.17, 15) is 14.7 Å². The zero-order valence-electron chi connectivity index (χ0n) is 19.7. The molecule has 0 spiro atoms. The van der Waals surface area contributed by atoms with Gasteiger partial charge in [0.25, 0.3) is 5.91 Å². The zero-order valence-corrected chi connectivity index (χ0v) is 22.1. The second kappa shape index (κ2) is 9.65. The topological polar surface area (TPSA) is 92.6 Å². The molecule has 2 aromatic heterocycles. The smallest absolute Gasteiger partial charge is 0.296 e. The molecule has 1 unspecified atom stereocenters. The SMILES string of the molecule is CCCOc1ccccc1C1C(C(=O)c2sc(C)nc2C)=C(O)C(=O)N1c1nc2ccc(Cl)cc2s1. The maximum absolute atomic E-state index is 13.8. The van der Waals surface area contributed by atoms with Crippen molar-refractivity contribution >= 4 is 61.3 Å². The van der Waals surface area contributed by atoms with Crippen LogP contribution in [0.1, 0.15) is 45.3 Å². The first-order valence-electron chi connectivity index (χ1n) is 11.3. The lowest BCUT2D eigenvalue weighted by Gasteiger charge is -2.26. The fourth-order valence-corrected chi connectivity index (χ4v) is 6.37. The Kier molecular flexibility index (Phi) is 6.55. The summed E-state index contributed by atoms with van der Waals surface area (Å²) in [6.07, 6.45) is 0.784. The fraction of sp³-hybridized carbons (Fsp3) is 0.231. The predicted octanol–water partition coefficient (Wildman–Crippen LogP) is 6.59. The summed E-state index contributed by atoms with van der Waals surface area (Å²) >= 11 is 8.67. The third kappa shape index (κ3) is 4.17. The molecule has 0 saturated heterocycles. The number of aliphatic hydroxyl groups is 1. The van der Waals surface area contributed by atoms with Gasteiger partial charge in [-0.1, -0.05) is 48.1 Å². The number of hydrogen-bond acceptors (Lipinski definition) is 8. The van der Waals surface area contributed by atoms with Crippen molar-refractivity contribution in [1.82, 2.24) is 9.97 Å². The van der Waals surface area contributed by atoms with E-state index >= 15 is 0 Å². The molecule has 7 nitrogen and oxygen atoms in total. The summed E-state index contributed by atoms with van der Waals surface area (Å²) in [4.78, 5) is 38.2. The summed E-state index contributed by atoms with van der Waals surface area (Å²) in [6.45, 7) is 6.01. The molecule has 1 amide bonds. The minimum absolute atomic E-state index is 0.0170. The van der Waals surface area contributed by atoms with E-state index in [1.54, 1.807) is 37.3 Å². The van der Waals surface area contributed by atoms with Gasteiger partial charge in [0.1, 0.15) is 11.8 Å². The fourth-order valence-electron chi connectivity index (χ4n) is 4.23. The number of Topliss-reactive ketones (excluding diaryl/α,β-unsaturated/α-hetero) is 1. The molecule has 10 heteroatoms. The van der Waals surface area contributed by atoms with Gasteiger partial charge in [-0.25, -0.2) is 9.97 Å². The van der Waals surface area contributed by atoms with E-state index in [2.05, 4.69) is 9.97 Å². The van der Waals surface area contributed by atoms with Crippen LogP contribution in [0.3, 0.4) is 0 Å². The summed E-state index contributed by atoms with van der Waals surface area (Å²) in [7, 11) is 0. The van der Waals surface area contributed by atoms with Crippen LogP contribution in [0.25, 0.3) is 10.2 Å². The van der Waals surface area contributed by atoms with Crippen molar-refractivity contribution in [1.29, 1.82) is 0 Å². The molecule has 5 rings (SSSR count). The van der Waals surface area contributed by atoms with Crippen molar-refractivity contribution in [2.75, 3.05) is 11.5 Å². The van der Waals surface area contributed by atoms with Gasteiger partial charge in [-0.3, -0.25) is 14.5 Å². The third-order valence-electron chi connectivity index (χ3n) is 5.78. The Labute approximate surface area is 220 Å². The molecule has 3 heterocycles. The third-order valence-corrected chi connectivity index (χ3v) is 8.11. The van der Waals surface area contributed by atoms with Gasteiger partial charge in [0.2, 0.25) is 5.78 Å². The van der Waals surface area contributed by atoms with E-state index < -0.39 is 23.5 Å². The number of halogens is 1. The number of nitrogens with zero attached hydrogens (tertiary/aromatic N) is 3. The Hall–Kier alpha value is -3.27. The number of hydrogen-bond donors (Lipinski definition) is 1. The number of benzene rings is 2. The van der Waals surface area contributed by atoms with E-state index in [0.29, 0.717) is 44.2 Å². The van der Waals surface area contributed by atoms with Gasteiger partial charge in [-0.2, -0.15) is 0 Å². The molecule has 0 bridgehead atoms. The van der Waals surface area contributed by atoms with Crippen LogP contribution < -0.4 is 9.64 Å². The molecular formula is C26H22ClN3O4S2. The van der Waals surface area contributed by atoms with Gasteiger partial charge in [-0.15, -0.1) is 11.3 Å². The number of carbonyl (C=O) groups is 2. The van der Waals surface area contributed by atoms with Gasteiger partial charge in [-0.05, 0) is 44.5 Å². The number of para-hydroxylation sites is 1. The van der Waals surface area contributed by atoms with E-state index in [4.69, 9.17) is 16.3 Å². The second-order valence-corrected chi connectivity index (χ2v) is 11.0. The Morgan fingerprint density at radius 2 is 1.94 bits per heavy atom. The summed E-state index contributed by atoms with van der Waals surface area (Å²) in [5.41, 5.74) is 1.78. The number of ether oxygens (including phenoxy) is 1. The summed E-state index contributed by atoms with van der Waals surface area (Å²) in [5.74, 6) is -1.20. The predicted molar refractivity (Wildman–Crippen MR) is 143 cm³/mol. The molecule has 184 valence electrons. The van der Waals surface area contributed by atoms with Crippen LogP contribution in [0.5, 0.6) is 5.75 Å². The first-order valence-corrected chi connectivity index (χ1v) is 13.3. The molecule has 1 aliphatic rings. The monoisotopic (exact) mass is 539 g/mol. The standard InChI is InChI=1S/C26H22ClN3O4S2/c1-4-11-34-18-8-6-5-7-16(18)21-20(22(31)24-13(2)28-14(3)35-24)23(32)25(33)30(21)26-29-17-10-9-15(27)12-19(17)36-26/h5-10,12,21,32H,4,11H2,1-3H3. The first kappa shape index (κ1) is 24.4. The number of rotatable bonds is 7. The summed E-state index contributed by atoms with van der Waals surface area (Å²) < 4.78 is 6.78. The van der Waals surface area contributed by atoms with Crippen molar-refractivity contribution in [3.63, 3.8) is 0 Å². The highest BCUT2D eigenvalue weighted by Gasteiger charge is 2.47. The number of thiazole rings is 2. The van der Waals surface area contributed by atoms with Crippen LogP contribution in [-0.2, 0) is 4.79 Å². The quantitative estimate of drug-likeness (QED) is 0.266. The van der Waals surface area contributed by atoms with Crippen molar-refractivity contribution in [3.8, 4) is 5.75 Å². The van der Waals surface area contributed by atoms with Crippen LogP contribution in [0, 0.1) is 13.8 Å². The minimum Gasteiger partial charge on any atom is -0.503 e. The normalized spacial score (nSPS) is 15.8. The number of fused-ring (bicyclic) bond motifs is 1. The molecule has 0 fully saturated rings. The zero-order chi connectivity index (χ0) is 25.6. The molecule has 2 aromatic carbocycles. The van der Waals surface area contributed by atoms with Gasteiger partial charge in [0, 0.05) is 10.6 Å². The van der Waals surface area contributed by atoms with E-state index in [0.717, 1.165) is 16.1 Å². The van der Waals surface area contributed by atoms with Crippen LogP contribution in [0.2, 0.25) is 5.02 Å². The molecule has 0 saturated carbocycles. The average molecular weight is 540 g/mol. The number of amides is 1. The van der Waals surface area contributed by atoms with Crippen molar-refractivity contribution in [2.45, 2.75) is 33.2 Å². The molecular weight excluding hydrogens is 518 g/mol. The maximum Gasteiger partial charge on any atom is 0.296 e. The Bertz CT molecular complexity index is 1540. The number of aryl methyl sites for hydroxylation is 2. The lowest BCUT2D eigenvalue weighted by molar-refractivity contribution is -0.117. The van der Waals surface area contributed by atoms with E-state index in [1.807, 2.05) is 26.0 Å². The van der Waals surface area contributed by atoms with Gasteiger partial charge in [0.05, 0.1) is 38.0 Å². The largest absolute Gasteiger partial charge is 0.503 e. The maximum atomic E-state index is 13.8. The van der Waals surface area contributed by atoms with Gasteiger partial charge in [0.15, 0.2) is 10.9 Å². The van der Waals surface area contributed by atoms with Crippen molar-refractivity contribution in [2.24, 2.45) is 0 Å². The number of anilines is 1. The van der Waals surface area contributed by atoms with E-state index in [1.165, 1.54) is 27.6 Å². The molecule has 4 aromatic rings. The van der Waals surface area contributed by atoms with Crippen molar-refractivity contribution < 1.29 is 19.4 Å². The summed E-state index contributed by atoms with van der Waals surface area (Å²) in [5, 5.41) is 12.7. The van der Waals surface area contributed by atoms with Crippen LogP contribution in [0.15, 0.2) is 53.8 Å². The second-order valence-electron chi connectivity index (χ2n) is 8.31. The number of ketones is 1. The highest BCUT2D eigenvalue weighted by atomic mass is 35.5. The molecule has 0 aliphatic carbocycles. The molecule has 1 N–H and O–H groups in total. The molecule has 36 heavy (non-hydrogen) atoms. The molecule has 0 radical (unpaired) electrons. The molecule has 1 atom stereocenters. The number of aliphatic hydroxyl groups excluding tert-OH is 1. The average Bonchev–Trinajstić information content (AvgIpc) is 3.50. The highest BCUT2D eigenvalue weighted by molar-refractivity contribution is 7.22. The molecule has 1 aliphatic heterocycles. The van der Waals surface area contributed by atoms with Gasteiger partial charge >= 0.3 is 0 Å². The van der Waals surface area contributed by atoms with Crippen LogP contribution in [0.4, 0.5) is 5.13 Å².